The minimum absolute atomic E-state index is 0. The van der Waals surface area contributed by atoms with Crippen molar-refractivity contribution in [2.45, 2.75) is 19.8 Å². The number of anilines is 2. The van der Waals surface area contributed by atoms with Crippen LogP contribution in [0, 0.1) is 0 Å². The number of thiazole rings is 1. The van der Waals surface area contributed by atoms with Crippen LogP contribution in [0.4, 0.5) is 10.8 Å². The smallest absolute Gasteiger partial charge is 0.278 e. The molecular formula is C15H19IN4O2S2. The number of aromatic nitrogens is 1. The average Bonchev–Trinajstić information content (AvgIpc) is 2.98. The highest BCUT2D eigenvalue weighted by Gasteiger charge is 2.08. The molecule has 0 radical (unpaired) electrons. The number of benzene rings is 1. The summed E-state index contributed by atoms with van der Waals surface area (Å²) in [5.74, 6) is 5.72. The van der Waals surface area contributed by atoms with Crippen LogP contribution in [0.3, 0.4) is 0 Å². The molecule has 24 heavy (non-hydrogen) atoms. The molecule has 130 valence electrons. The lowest BCUT2D eigenvalue weighted by Gasteiger charge is -2.17. The standard InChI is InChI=1S/C15H18N4O2S2.HI/c1-10(20)17-14-18-12(9-23-14)6-3-11-4-7-13(8-5-11)19(16)15(22)21-2;/h4-5,7-9H,3,6,16H2,1-2H3,(H,17,18,20);1H. The summed E-state index contributed by atoms with van der Waals surface area (Å²) in [5, 5.41) is 6.81. The fourth-order valence-corrected chi connectivity index (χ4v) is 2.83. The van der Waals surface area contributed by atoms with Crippen LogP contribution >= 0.6 is 47.5 Å². The molecule has 0 spiro atoms. The summed E-state index contributed by atoms with van der Waals surface area (Å²) >= 11 is 6.41. The molecule has 2 rings (SSSR count). The van der Waals surface area contributed by atoms with Crippen LogP contribution in [0.1, 0.15) is 18.2 Å². The number of hydrazine groups is 1. The first-order valence-corrected chi connectivity index (χ1v) is 8.22. The Labute approximate surface area is 167 Å². The van der Waals surface area contributed by atoms with Gasteiger partial charge in [-0.25, -0.2) is 15.8 Å². The first-order chi connectivity index (χ1) is 11.0. The second-order valence-corrected chi connectivity index (χ2v) is 6.04. The predicted molar refractivity (Wildman–Crippen MR) is 112 cm³/mol. The van der Waals surface area contributed by atoms with Crippen molar-refractivity contribution < 1.29 is 9.53 Å². The SMILES string of the molecule is COC(=S)N(N)c1ccc(CCc2csc(NC(C)=O)n2)cc1.I. The molecule has 3 N–H and O–H groups in total. The van der Waals surface area contributed by atoms with Crippen molar-refractivity contribution in [1.29, 1.82) is 0 Å². The molecule has 2 aromatic rings. The van der Waals surface area contributed by atoms with Crippen LogP contribution in [-0.2, 0) is 22.4 Å². The van der Waals surface area contributed by atoms with Gasteiger partial charge in [-0.1, -0.05) is 12.1 Å². The van der Waals surface area contributed by atoms with Crippen LogP contribution in [0.15, 0.2) is 29.6 Å². The van der Waals surface area contributed by atoms with Crippen LogP contribution in [-0.4, -0.2) is 23.2 Å². The molecule has 9 heteroatoms. The molecule has 0 atom stereocenters. The first-order valence-electron chi connectivity index (χ1n) is 6.93. The Kier molecular flexibility index (Phi) is 8.53. The van der Waals surface area contributed by atoms with Crippen molar-refractivity contribution in [1.82, 2.24) is 4.98 Å². The van der Waals surface area contributed by atoms with E-state index in [9.17, 15) is 4.79 Å². The van der Waals surface area contributed by atoms with E-state index in [1.54, 1.807) is 0 Å². The van der Waals surface area contributed by atoms with E-state index in [1.807, 2.05) is 29.6 Å². The van der Waals surface area contributed by atoms with Crippen LogP contribution < -0.4 is 16.2 Å². The van der Waals surface area contributed by atoms with Crippen molar-refractivity contribution in [3.63, 3.8) is 0 Å². The quantitative estimate of drug-likeness (QED) is 0.298. The lowest BCUT2D eigenvalue weighted by molar-refractivity contribution is -0.114. The number of amides is 1. The lowest BCUT2D eigenvalue weighted by Crippen LogP contribution is -2.37. The number of rotatable bonds is 5. The Morgan fingerprint density at radius 1 is 1.38 bits per heavy atom. The van der Waals surface area contributed by atoms with Crippen molar-refractivity contribution >= 4 is 69.4 Å². The van der Waals surface area contributed by atoms with Gasteiger partial charge in [0.2, 0.25) is 5.91 Å². The number of methoxy groups -OCH3 is 1. The van der Waals surface area contributed by atoms with Crippen molar-refractivity contribution in [2.75, 3.05) is 17.4 Å². The molecule has 0 bridgehead atoms. The third-order valence-corrected chi connectivity index (χ3v) is 4.26. The summed E-state index contributed by atoms with van der Waals surface area (Å²) in [6.07, 6.45) is 1.65. The van der Waals surface area contributed by atoms with E-state index in [0.29, 0.717) is 5.13 Å². The Bertz CT molecular complexity index is 691. The Morgan fingerprint density at radius 2 is 2.04 bits per heavy atom. The van der Waals surface area contributed by atoms with Crippen LogP contribution in [0.2, 0.25) is 0 Å². The van der Waals surface area contributed by atoms with E-state index < -0.39 is 0 Å². The second-order valence-electron chi connectivity index (χ2n) is 4.83. The molecule has 0 saturated carbocycles. The molecule has 0 aliphatic heterocycles. The molecule has 0 saturated heterocycles. The maximum Gasteiger partial charge on any atom is 0.278 e. The summed E-state index contributed by atoms with van der Waals surface area (Å²) in [6.45, 7) is 1.47. The maximum absolute atomic E-state index is 11.0. The molecule has 1 aromatic heterocycles. The number of ether oxygens (including phenoxy) is 1. The molecule has 0 fully saturated rings. The van der Waals surface area contributed by atoms with Gasteiger partial charge >= 0.3 is 0 Å². The van der Waals surface area contributed by atoms with Gasteiger partial charge in [0.05, 0.1) is 18.5 Å². The number of nitrogens with two attached hydrogens (primary N) is 1. The number of thiocarbonyl (C=S) groups is 1. The van der Waals surface area contributed by atoms with E-state index in [4.69, 9.17) is 22.8 Å². The highest BCUT2D eigenvalue weighted by atomic mass is 127. The van der Waals surface area contributed by atoms with Crippen LogP contribution in [0.25, 0.3) is 0 Å². The highest BCUT2D eigenvalue weighted by molar-refractivity contribution is 14.0. The van der Waals surface area contributed by atoms with E-state index in [0.717, 1.165) is 24.2 Å². The number of halogens is 1. The van der Waals surface area contributed by atoms with E-state index in [1.165, 1.54) is 35.9 Å². The Balaban J connectivity index is 0.00000288. The Morgan fingerprint density at radius 3 is 2.62 bits per heavy atom. The summed E-state index contributed by atoms with van der Waals surface area (Å²) in [4.78, 5) is 15.4. The molecule has 1 heterocycles. The second kappa shape index (κ2) is 9.87. The fraction of sp³-hybridized carbons (Fsp3) is 0.267. The van der Waals surface area contributed by atoms with Gasteiger partial charge in [0.1, 0.15) is 0 Å². The highest BCUT2D eigenvalue weighted by Crippen LogP contribution is 2.18. The predicted octanol–water partition coefficient (Wildman–Crippen LogP) is 3.12. The molecule has 0 aliphatic carbocycles. The molecule has 0 unspecified atom stereocenters. The molecule has 1 amide bonds. The monoisotopic (exact) mass is 478 g/mol. The zero-order valence-corrected chi connectivity index (χ0v) is 17.3. The number of aryl methyl sites for hydroxylation is 2. The molecule has 6 nitrogen and oxygen atoms in total. The van der Waals surface area contributed by atoms with Gasteiger partial charge in [0.15, 0.2) is 5.13 Å². The zero-order valence-electron chi connectivity index (χ0n) is 13.3. The number of carbonyl (C=O) groups excluding carboxylic acids is 1. The maximum atomic E-state index is 11.0. The summed E-state index contributed by atoms with van der Waals surface area (Å²) in [6, 6.07) is 7.78. The van der Waals surface area contributed by atoms with Crippen LogP contribution in [0.5, 0.6) is 0 Å². The number of nitrogens with zero attached hydrogens (tertiary/aromatic N) is 2. The first kappa shape index (κ1) is 20.7. The van der Waals surface area contributed by atoms with E-state index in [2.05, 4.69) is 10.3 Å². The van der Waals surface area contributed by atoms with Gasteiger partial charge in [-0.2, -0.15) is 0 Å². The van der Waals surface area contributed by atoms with Gasteiger partial charge < -0.3 is 10.1 Å². The van der Waals surface area contributed by atoms with Gasteiger partial charge in [-0.3, -0.25) is 4.79 Å². The largest absolute Gasteiger partial charge is 0.473 e. The van der Waals surface area contributed by atoms with Crippen molar-refractivity contribution in [3.8, 4) is 0 Å². The number of nitrogens with one attached hydrogen (secondary N) is 1. The molecule has 1 aromatic carbocycles. The normalized spacial score (nSPS) is 9.79. The number of carbonyl (C=O) groups is 1. The van der Waals surface area contributed by atoms with Gasteiger partial charge in [-0.05, 0) is 42.8 Å². The minimum atomic E-state index is -0.109. The zero-order chi connectivity index (χ0) is 16.8. The van der Waals surface area contributed by atoms with Crippen molar-refractivity contribution in [3.05, 3.63) is 40.9 Å². The van der Waals surface area contributed by atoms with Gasteiger partial charge in [0, 0.05) is 12.3 Å². The van der Waals surface area contributed by atoms with Crippen molar-refractivity contribution in [2.24, 2.45) is 5.84 Å². The molecule has 0 aliphatic rings. The Hall–Kier alpha value is -1.30. The lowest BCUT2D eigenvalue weighted by atomic mass is 10.1. The van der Waals surface area contributed by atoms with E-state index in [-0.39, 0.29) is 35.1 Å². The topological polar surface area (TPSA) is 80.5 Å². The fourth-order valence-electron chi connectivity index (χ4n) is 1.93. The number of hydrogen-bond acceptors (Lipinski definition) is 6. The third kappa shape index (κ3) is 5.96. The average molecular weight is 478 g/mol. The minimum Gasteiger partial charge on any atom is -0.473 e. The summed E-state index contributed by atoms with van der Waals surface area (Å²) < 4.78 is 4.93. The van der Waals surface area contributed by atoms with Gasteiger partial charge in [-0.15, -0.1) is 35.3 Å². The third-order valence-electron chi connectivity index (χ3n) is 3.09. The van der Waals surface area contributed by atoms with Gasteiger partial charge in [0.25, 0.3) is 5.17 Å². The molecular weight excluding hydrogens is 459 g/mol. The number of hydrogen-bond donors (Lipinski definition) is 2. The summed E-state index contributed by atoms with van der Waals surface area (Å²) in [5.41, 5.74) is 2.89. The summed E-state index contributed by atoms with van der Waals surface area (Å²) in [7, 11) is 1.49. The van der Waals surface area contributed by atoms with E-state index >= 15 is 0 Å².